The van der Waals surface area contributed by atoms with Crippen LogP contribution in [0.5, 0.6) is 11.5 Å². The first-order valence-electron chi connectivity index (χ1n) is 10.3. The summed E-state index contributed by atoms with van der Waals surface area (Å²) in [5, 5.41) is 5.72. The molecule has 166 valence electrons. The fourth-order valence-electron chi connectivity index (χ4n) is 3.70. The van der Waals surface area contributed by atoms with Crippen molar-refractivity contribution < 1.29 is 23.5 Å². The average Bonchev–Trinajstić information content (AvgIpc) is 2.80. The van der Waals surface area contributed by atoms with Crippen molar-refractivity contribution in [3.05, 3.63) is 48.3 Å². The number of piperidine rings is 1. The molecule has 2 aromatic carbocycles. The van der Waals surface area contributed by atoms with Crippen molar-refractivity contribution in [1.29, 1.82) is 0 Å². The van der Waals surface area contributed by atoms with Gasteiger partial charge in [0.05, 0.1) is 19.9 Å². The summed E-state index contributed by atoms with van der Waals surface area (Å²) in [6.07, 6.45) is 1.45. The Morgan fingerprint density at radius 3 is 2.32 bits per heavy atom. The van der Waals surface area contributed by atoms with Gasteiger partial charge >= 0.3 is 6.03 Å². The number of ether oxygens (including phenoxy) is 2. The summed E-state index contributed by atoms with van der Waals surface area (Å²) >= 11 is 0. The highest BCUT2D eigenvalue weighted by Crippen LogP contribution is 2.31. The maximum atomic E-state index is 13.0. The molecule has 0 unspecified atom stereocenters. The third-order valence-electron chi connectivity index (χ3n) is 5.71. The summed E-state index contributed by atoms with van der Waals surface area (Å²) in [7, 11) is 3.11. The zero-order chi connectivity index (χ0) is 22.4. The Bertz CT molecular complexity index is 912. The Balaban J connectivity index is 1.52. The van der Waals surface area contributed by atoms with Crippen molar-refractivity contribution in [3.63, 3.8) is 0 Å². The highest BCUT2D eigenvalue weighted by Gasteiger charge is 2.30. The van der Waals surface area contributed by atoms with Crippen molar-refractivity contribution in [1.82, 2.24) is 4.90 Å². The largest absolute Gasteiger partial charge is 0.497 e. The van der Waals surface area contributed by atoms with Gasteiger partial charge in [-0.3, -0.25) is 4.79 Å². The molecule has 1 aliphatic rings. The first kappa shape index (κ1) is 22.4. The number of benzene rings is 2. The van der Waals surface area contributed by atoms with Gasteiger partial charge in [-0.2, -0.15) is 0 Å². The molecule has 0 saturated carbocycles. The second-order valence-corrected chi connectivity index (χ2v) is 7.61. The van der Waals surface area contributed by atoms with Crippen LogP contribution >= 0.6 is 0 Å². The number of carbonyl (C=O) groups is 2. The Morgan fingerprint density at radius 1 is 1.03 bits per heavy atom. The molecule has 0 radical (unpaired) electrons. The van der Waals surface area contributed by atoms with Gasteiger partial charge in [0.15, 0.2) is 0 Å². The molecule has 1 atom stereocenters. The van der Waals surface area contributed by atoms with Crippen molar-refractivity contribution >= 4 is 23.3 Å². The summed E-state index contributed by atoms with van der Waals surface area (Å²) in [6.45, 7) is 3.02. The number of likely N-dealkylation sites (tertiary alicyclic amines) is 1. The molecule has 3 rings (SSSR count). The number of nitrogens with zero attached hydrogens (tertiary/aromatic N) is 1. The average molecular weight is 429 g/mol. The Labute approximate surface area is 181 Å². The van der Waals surface area contributed by atoms with Gasteiger partial charge in [-0.25, -0.2) is 9.18 Å². The number of carbonyl (C=O) groups excluding carboxylic acids is 2. The first-order valence-corrected chi connectivity index (χ1v) is 10.3. The number of hydrogen-bond acceptors (Lipinski definition) is 4. The molecular formula is C23H28FN3O4. The van der Waals surface area contributed by atoms with E-state index in [0.29, 0.717) is 36.0 Å². The number of hydrogen-bond donors (Lipinski definition) is 2. The van der Waals surface area contributed by atoms with Crippen LogP contribution in [0.1, 0.15) is 19.8 Å². The van der Waals surface area contributed by atoms with Crippen LogP contribution in [-0.2, 0) is 4.79 Å². The topological polar surface area (TPSA) is 79.9 Å². The van der Waals surface area contributed by atoms with E-state index in [4.69, 9.17) is 9.47 Å². The van der Waals surface area contributed by atoms with Crippen LogP contribution in [0.2, 0.25) is 0 Å². The molecule has 1 saturated heterocycles. The highest BCUT2D eigenvalue weighted by atomic mass is 19.1. The molecule has 8 heteroatoms. The standard InChI is InChI=1S/C23H28FN3O4/c1-15(22(28)26-20-9-8-19(30-2)14-21(20)31-3)16-10-12-27(13-11-16)23(29)25-18-6-4-17(24)5-7-18/h4-9,14-16H,10-13H2,1-3H3,(H,25,29)(H,26,28)/t15-/m1/s1. The van der Waals surface area contributed by atoms with Crippen LogP contribution in [0.25, 0.3) is 0 Å². The van der Waals surface area contributed by atoms with Crippen LogP contribution in [0, 0.1) is 17.7 Å². The van der Waals surface area contributed by atoms with Crippen LogP contribution in [-0.4, -0.2) is 44.1 Å². The van der Waals surface area contributed by atoms with E-state index in [0.717, 1.165) is 12.8 Å². The van der Waals surface area contributed by atoms with Gasteiger partial charge in [-0.15, -0.1) is 0 Å². The van der Waals surface area contributed by atoms with E-state index in [2.05, 4.69) is 10.6 Å². The highest BCUT2D eigenvalue weighted by molar-refractivity contribution is 5.94. The lowest BCUT2D eigenvalue weighted by Crippen LogP contribution is -2.43. The summed E-state index contributed by atoms with van der Waals surface area (Å²) in [5.74, 6) is 0.700. The summed E-state index contributed by atoms with van der Waals surface area (Å²) < 4.78 is 23.5. The summed E-state index contributed by atoms with van der Waals surface area (Å²) in [6, 6.07) is 10.7. The van der Waals surface area contributed by atoms with Crippen LogP contribution in [0.4, 0.5) is 20.6 Å². The minimum Gasteiger partial charge on any atom is -0.497 e. The predicted octanol–water partition coefficient (Wildman–Crippen LogP) is 4.36. The number of amides is 3. The van der Waals surface area contributed by atoms with E-state index in [1.807, 2.05) is 6.92 Å². The van der Waals surface area contributed by atoms with E-state index in [-0.39, 0.29) is 29.6 Å². The summed E-state index contributed by atoms with van der Waals surface area (Å²) in [5.41, 5.74) is 1.14. The maximum Gasteiger partial charge on any atom is 0.321 e. The maximum absolute atomic E-state index is 13.0. The number of halogens is 1. The molecule has 7 nitrogen and oxygen atoms in total. The normalized spacial score (nSPS) is 15.2. The molecule has 2 N–H and O–H groups in total. The number of rotatable bonds is 6. The summed E-state index contributed by atoms with van der Waals surface area (Å²) in [4.78, 5) is 27.0. The third kappa shape index (κ3) is 5.65. The second-order valence-electron chi connectivity index (χ2n) is 7.61. The molecule has 2 aromatic rings. The molecule has 3 amide bonds. The fourth-order valence-corrected chi connectivity index (χ4v) is 3.70. The first-order chi connectivity index (χ1) is 14.9. The van der Waals surface area contributed by atoms with Crippen LogP contribution < -0.4 is 20.1 Å². The zero-order valence-electron chi connectivity index (χ0n) is 18.0. The molecule has 1 aliphatic heterocycles. The molecule has 0 aromatic heterocycles. The lowest BCUT2D eigenvalue weighted by atomic mass is 9.85. The van der Waals surface area contributed by atoms with E-state index in [1.54, 1.807) is 37.3 Å². The molecule has 0 aliphatic carbocycles. The monoisotopic (exact) mass is 429 g/mol. The number of methoxy groups -OCH3 is 2. The smallest absolute Gasteiger partial charge is 0.321 e. The van der Waals surface area contributed by atoms with E-state index in [9.17, 15) is 14.0 Å². The molecular weight excluding hydrogens is 401 g/mol. The number of nitrogens with one attached hydrogen (secondary N) is 2. The minimum atomic E-state index is -0.349. The fraction of sp³-hybridized carbons (Fsp3) is 0.391. The van der Waals surface area contributed by atoms with Gasteiger partial charge in [0.1, 0.15) is 17.3 Å². The van der Waals surface area contributed by atoms with E-state index >= 15 is 0 Å². The van der Waals surface area contributed by atoms with Crippen LogP contribution in [0.15, 0.2) is 42.5 Å². The van der Waals surface area contributed by atoms with Crippen molar-refractivity contribution in [2.24, 2.45) is 11.8 Å². The molecule has 1 heterocycles. The van der Waals surface area contributed by atoms with Crippen molar-refractivity contribution in [2.75, 3.05) is 37.9 Å². The zero-order valence-corrected chi connectivity index (χ0v) is 18.0. The number of anilines is 2. The molecule has 31 heavy (non-hydrogen) atoms. The Morgan fingerprint density at radius 2 is 1.71 bits per heavy atom. The molecule has 1 fully saturated rings. The number of urea groups is 1. The van der Waals surface area contributed by atoms with Gasteiger partial charge in [0, 0.05) is 30.8 Å². The Hall–Kier alpha value is -3.29. The van der Waals surface area contributed by atoms with E-state index in [1.165, 1.54) is 24.3 Å². The van der Waals surface area contributed by atoms with Gasteiger partial charge in [0.2, 0.25) is 5.91 Å². The Kier molecular flexibility index (Phi) is 7.33. The SMILES string of the molecule is COc1ccc(NC(=O)[C@H](C)C2CCN(C(=O)Nc3ccc(F)cc3)CC2)c(OC)c1. The van der Waals surface area contributed by atoms with Gasteiger partial charge in [0.25, 0.3) is 0 Å². The minimum absolute atomic E-state index is 0.0855. The van der Waals surface area contributed by atoms with Gasteiger partial charge in [-0.05, 0) is 55.2 Å². The van der Waals surface area contributed by atoms with Gasteiger partial charge in [-0.1, -0.05) is 6.92 Å². The van der Waals surface area contributed by atoms with Crippen LogP contribution in [0.3, 0.4) is 0 Å². The molecule has 0 spiro atoms. The quantitative estimate of drug-likeness (QED) is 0.715. The second kappa shape index (κ2) is 10.1. The predicted molar refractivity (Wildman–Crippen MR) is 117 cm³/mol. The van der Waals surface area contributed by atoms with E-state index < -0.39 is 0 Å². The van der Waals surface area contributed by atoms with Gasteiger partial charge < -0.3 is 25.0 Å². The lowest BCUT2D eigenvalue weighted by Gasteiger charge is -2.34. The van der Waals surface area contributed by atoms with Crippen molar-refractivity contribution in [3.8, 4) is 11.5 Å². The molecule has 0 bridgehead atoms. The van der Waals surface area contributed by atoms with Crippen molar-refractivity contribution in [2.45, 2.75) is 19.8 Å². The lowest BCUT2D eigenvalue weighted by molar-refractivity contribution is -0.121. The third-order valence-corrected chi connectivity index (χ3v) is 5.71.